The summed E-state index contributed by atoms with van der Waals surface area (Å²) in [5.41, 5.74) is 6.70. The number of nitrogens with two attached hydrogens (primary N) is 1. The predicted octanol–water partition coefficient (Wildman–Crippen LogP) is 4.97. The van der Waals surface area contributed by atoms with Crippen LogP contribution in [0.3, 0.4) is 0 Å². The summed E-state index contributed by atoms with van der Waals surface area (Å²) in [4.78, 5) is 73.6. The number of hydrogen-bond donors (Lipinski definition) is 6. The van der Waals surface area contributed by atoms with Crippen LogP contribution in [-0.4, -0.2) is 88.5 Å². The second-order valence-corrected chi connectivity index (χ2v) is 16.5. The molecule has 4 heterocycles. The summed E-state index contributed by atoms with van der Waals surface area (Å²) in [5, 5.41) is 48.4. The molecular formula is C41H34ClN6O10S2+. The zero-order chi connectivity index (χ0) is 43.0. The number of aromatic nitrogens is 2. The zero-order valence-corrected chi connectivity index (χ0v) is 33.9. The van der Waals surface area contributed by atoms with E-state index in [0.29, 0.717) is 32.8 Å². The van der Waals surface area contributed by atoms with E-state index in [4.69, 9.17) is 22.2 Å². The van der Waals surface area contributed by atoms with Crippen LogP contribution < -0.4 is 15.6 Å². The van der Waals surface area contributed by atoms with Crippen molar-refractivity contribution in [1.82, 2.24) is 15.2 Å². The number of carboxylic acids is 3. The van der Waals surface area contributed by atoms with Crippen molar-refractivity contribution in [1.29, 1.82) is 0 Å². The number of nitrogens with zero attached hydrogens (tertiary/aromatic N) is 4. The number of carbonyl (C=O) groups excluding carboxylic acids is 2. The smallest absolute Gasteiger partial charge is 0.352 e. The lowest BCUT2D eigenvalue weighted by molar-refractivity contribution is -0.651. The molecule has 3 aromatic carbocycles. The van der Waals surface area contributed by atoms with Crippen LogP contribution in [0.25, 0.3) is 28.2 Å². The minimum atomic E-state index is -1.80. The Morgan fingerprint density at radius 3 is 2.43 bits per heavy atom. The number of carbonyl (C=O) groups is 5. The van der Waals surface area contributed by atoms with Gasteiger partial charge in [0.25, 0.3) is 11.8 Å². The van der Waals surface area contributed by atoms with Crippen LogP contribution in [0.1, 0.15) is 41.0 Å². The molecule has 306 valence electrons. The van der Waals surface area contributed by atoms with E-state index in [1.807, 2.05) is 28.8 Å². The van der Waals surface area contributed by atoms with Gasteiger partial charge in [0.1, 0.15) is 28.6 Å². The average Bonchev–Trinajstić information content (AvgIpc) is 3.64. The van der Waals surface area contributed by atoms with Gasteiger partial charge in [-0.25, -0.2) is 19.4 Å². The normalized spacial score (nSPS) is 16.8. The van der Waals surface area contributed by atoms with Crippen molar-refractivity contribution in [2.75, 3.05) is 11.5 Å². The highest BCUT2D eigenvalue weighted by molar-refractivity contribution is 8.00. The number of phenols is 1. The van der Waals surface area contributed by atoms with E-state index in [-0.39, 0.29) is 40.1 Å². The molecule has 2 aromatic heterocycles. The van der Waals surface area contributed by atoms with Gasteiger partial charge in [-0.3, -0.25) is 14.5 Å². The third kappa shape index (κ3) is 8.12. The second-order valence-electron chi connectivity index (χ2n) is 14.0. The Hall–Kier alpha value is -6.76. The highest BCUT2D eigenvalue weighted by atomic mass is 35.5. The van der Waals surface area contributed by atoms with Crippen molar-refractivity contribution in [2.45, 2.75) is 37.4 Å². The number of thioether (sulfide) groups is 1. The number of anilines is 1. The standard InChI is InChI=1S/C41H33ClN6O10S2/c1-41(2,39(56)57)58-46-31(27-19-60-40(43)44-27)34(50)45-32-35(51)48-33(38(54)55)22(18-59-36(32)48)12-11-20-7-9-21(10-8-20)17-47-28-14-13-23(42)15-25(28)26(37(52)53)16-29(47)24-5-3-4-6-30(24)49/h3-16,19,32,36H,17-18H2,1-2H3,(H6,43,44,45,50,52,53,54,55,56,57)/p+1/b12-11+,46-31-. The van der Waals surface area contributed by atoms with Crippen LogP contribution in [-0.2, 0) is 30.6 Å². The molecule has 5 aromatic rings. The topological polar surface area (TPSA) is 246 Å². The van der Waals surface area contributed by atoms with Gasteiger partial charge in [0.2, 0.25) is 16.8 Å². The number of oxime groups is 1. The maximum atomic E-state index is 13.4. The number of para-hydroxylation sites is 1. The van der Waals surface area contributed by atoms with Gasteiger partial charge in [-0.2, -0.15) is 4.57 Å². The molecule has 60 heavy (non-hydrogen) atoms. The van der Waals surface area contributed by atoms with Gasteiger partial charge in [0, 0.05) is 33.9 Å². The summed E-state index contributed by atoms with van der Waals surface area (Å²) in [6.45, 7) is 2.75. The number of aliphatic carboxylic acids is 2. The van der Waals surface area contributed by atoms with E-state index in [0.717, 1.165) is 27.4 Å². The molecule has 2 amide bonds. The maximum Gasteiger partial charge on any atom is 0.352 e. The number of aromatic hydroxyl groups is 1. The van der Waals surface area contributed by atoms with Crippen LogP contribution in [0.15, 0.2) is 101 Å². The van der Waals surface area contributed by atoms with Gasteiger partial charge in [-0.05, 0) is 49.2 Å². The molecule has 0 bridgehead atoms. The molecule has 1 saturated heterocycles. The Morgan fingerprint density at radius 2 is 1.78 bits per heavy atom. The van der Waals surface area contributed by atoms with E-state index in [2.05, 4.69) is 15.5 Å². The number of hydrogen-bond acceptors (Lipinski definition) is 12. The monoisotopic (exact) mass is 869 g/mol. The molecular weight excluding hydrogens is 836 g/mol. The largest absolute Gasteiger partial charge is 0.507 e. The fourth-order valence-electron chi connectivity index (χ4n) is 6.54. The van der Waals surface area contributed by atoms with Crippen molar-refractivity contribution in [3.05, 3.63) is 123 Å². The lowest BCUT2D eigenvalue weighted by Gasteiger charge is -2.49. The predicted molar refractivity (Wildman–Crippen MR) is 223 cm³/mol. The number of carboxylic acid groups (broad SMARTS) is 3. The lowest BCUT2D eigenvalue weighted by atomic mass is 10.0. The van der Waals surface area contributed by atoms with Crippen molar-refractivity contribution < 1.29 is 53.8 Å². The molecule has 1 fully saturated rings. The molecule has 2 unspecified atom stereocenters. The number of rotatable bonds is 13. The number of nitrogens with one attached hydrogen (secondary N) is 1. The van der Waals surface area contributed by atoms with Crippen LogP contribution in [0.2, 0.25) is 5.02 Å². The summed E-state index contributed by atoms with van der Waals surface area (Å²) >= 11 is 8.53. The van der Waals surface area contributed by atoms with Gasteiger partial charge < -0.3 is 36.3 Å². The van der Waals surface area contributed by atoms with Crippen LogP contribution in [0.5, 0.6) is 5.75 Å². The first kappa shape index (κ1) is 41.4. The van der Waals surface area contributed by atoms with E-state index in [1.54, 1.807) is 48.6 Å². The van der Waals surface area contributed by atoms with E-state index in [9.17, 15) is 44.4 Å². The molecule has 0 saturated carbocycles. The minimum absolute atomic E-state index is 0.00748. The number of allylic oxidation sites excluding steroid dienone is 1. The molecule has 7 rings (SSSR count). The van der Waals surface area contributed by atoms with E-state index < -0.39 is 52.5 Å². The molecule has 19 heteroatoms. The summed E-state index contributed by atoms with van der Waals surface area (Å²) in [6, 6.07) is 19.4. The number of nitrogen functional groups attached to an aromatic ring is 1. The number of halogens is 1. The lowest BCUT2D eigenvalue weighted by Crippen LogP contribution is -2.71. The van der Waals surface area contributed by atoms with Crippen molar-refractivity contribution >= 4 is 92.2 Å². The third-order valence-electron chi connectivity index (χ3n) is 9.67. The highest BCUT2D eigenvalue weighted by Crippen LogP contribution is 2.41. The Morgan fingerprint density at radius 1 is 1.05 bits per heavy atom. The van der Waals surface area contributed by atoms with E-state index in [1.165, 1.54) is 43.1 Å². The zero-order valence-electron chi connectivity index (χ0n) is 31.5. The molecule has 2 atom stereocenters. The van der Waals surface area contributed by atoms with Gasteiger partial charge in [0.15, 0.2) is 17.4 Å². The molecule has 2 aliphatic heterocycles. The Labute approximate surface area is 353 Å². The number of thiazole rings is 1. The Kier molecular flexibility index (Phi) is 11.4. The molecule has 7 N–H and O–H groups in total. The number of β-lactam (4-membered cyclic amide) rings is 1. The summed E-state index contributed by atoms with van der Waals surface area (Å²) in [6.07, 6.45) is 3.33. The third-order valence-corrected chi connectivity index (χ3v) is 11.9. The number of phenolic OH excluding ortho intramolecular Hbond substituents is 1. The first-order valence-electron chi connectivity index (χ1n) is 17.9. The Bertz CT molecular complexity index is 2710. The fraction of sp³-hybridized carbons (Fsp3) is 0.171. The van der Waals surface area contributed by atoms with Gasteiger partial charge in [-0.1, -0.05) is 65.3 Å². The summed E-state index contributed by atoms with van der Waals surface area (Å²) in [7, 11) is 0. The van der Waals surface area contributed by atoms with Crippen LogP contribution in [0, 0.1) is 0 Å². The molecule has 0 radical (unpaired) electrons. The molecule has 2 aliphatic rings. The number of amides is 2. The average molecular weight is 870 g/mol. The summed E-state index contributed by atoms with van der Waals surface area (Å²) < 4.78 is 1.90. The molecule has 16 nitrogen and oxygen atoms in total. The first-order chi connectivity index (χ1) is 28.5. The Balaban J connectivity index is 1.11. The fourth-order valence-corrected chi connectivity index (χ4v) is 8.57. The minimum Gasteiger partial charge on any atom is -0.507 e. The van der Waals surface area contributed by atoms with Gasteiger partial charge in [0.05, 0.1) is 16.5 Å². The van der Waals surface area contributed by atoms with Gasteiger partial charge >= 0.3 is 17.9 Å². The van der Waals surface area contributed by atoms with E-state index >= 15 is 0 Å². The number of fused-ring (bicyclic) bond motifs is 2. The van der Waals surface area contributed by atoms with Crippen LogP contribution in [0.4, 0.5) is 5.13 Å². The molecule has 0 spiro atoms. The maximum absolute atomic E-state index is 13.4. The van der Waals surface area contributed by atoms with Crippen molar-refractivity contribution in [2.24, 2.45) is 5.16 Å². The first-order valence-corrected chi connectivity index (χ1v) is 20.2. The number of pyridine rings is 1. The summed E-state index contributed by atoms with van der Waals surface area (Å²) in [5.74, 6) is -5.25. The quantitative estimate of drug-likeness (QED) is 0.0397. The highest BCUT2D eigenvalue weighted by Gasteiger charge is 2.54. The number of aromatic carboxylic acids is 1. The SMILES string of the molecule is CC(C)(O/N=C(\C(=O)NC1C(=O)N2C(C(=O)O)=C(/C=C/c3ccc(C[n+]4c(-c5ccccc5O)cc(C(=O)O)c5cc(Cl)ccc54)cc3)CSC12)c1csc(N)n1)C(=O)O. The molecule has 0 aliphatic carbocycles. The van der Waals surface area contributed by atoms with Gasteiger partial charge in [-0.15, -0.1) is 23.1 Å². The second kappa shape index (κ2) is 16.5. The number of benzene rings is 3. The van der Waals surface area contributed by atoms with Crippen molar-refractivity contribution in [3.8, 4) is 17.0 Å². The van der Waals surface area contributed by atoms with Crippen molar-refractivity contribution in [3.63, 3.8) is 0 Å². The van der Waals surface area contributed by atoms with Crippen LogP contribution >= 0.6 is 34.7 Å².